The van der Waals surface area contributed by atoms with E-state index in [4.69, 9.17) is 4.98 Å². The summed E-state index contributed by atoms with van der Waals surface area (Å²) in [6.07, 6.45) is 10.1. The third-order valence-electron chi connectivity index (χ3n) is 5.33. The molecule has 30 heavy (non-hydrogen) atoms. The minimum Gasteiger partial charge on any atom is -0.316 e. The lowest BCUT2D eigenvalue weighted by atomic mass is 9.93. The molecule has 0 aromatic carbocycles. The number of likely N-dealkylation sites (tertiary alicyclic amines) is 1. The summed E-state index contributed by atoms with van der Waals surface area (Å²) in [7, 11) is 0. The number of nitrogens with one attached hydrogen (secondary N) is 1. The van der Waals surface area contributed by atoms with Crippen LogP contribution in [0.3, 0.4) is 0 Å². The van der Waals surface area contributed by atoms with Gasteiger partial charge in [0.25, 0.3) is 0 Å². The van der Waals surface area contributed by atoms with Crippen molar-refractivity contribution in [3.63, 3.8) is 0 Å². The Kier molecular flexibility index (Phi) is 6.64. The number of thiazole rings is 1. The van der Waals surface area contributed by atoms with E-state index in [-0.39, 0.29) is 0 Å². The highest BCUT2D eigenvalue weighted by molar-refractivity contribution is 7.15. The fourth-order valence-corrected chi connectivity index (χ4v) is 4.65. The number of anilines is 2. The quantitative estimate of drug-likeness (QED) is 0.613. The van der Waals surface area contributed by atoms with Crippen molar-refractivity contribution in [3.05, 3.63) is 52.4 Å². The molecule has 1 saturated heterocycles. The van der Waals surface area contributed by atoms with Crippen LogP contribution in [-0.2, 0) is 19.4 Å². The van der Waals surface area contributed by atoms with Gasteiger partial charge in [-0.15, -0.1) is 11.3 Å². The molecule has 1 atom stereocenters. The van der Waals surface area contributed by atoms with Crippen LogP contribution in [0.1, 0.15) is 47.5 Å². The second-order valence-corrected chi connectivity index (χ2v) is 9.24. The van der Waals surface area contributed by atoms with Gasteiger partial charge in [-0.25, -0.2) is 24.9 Å². The fourth-order valence-electron chi connectivity index (χ4n) is 3.98. The number of rotatable bonds is 7. The molecule has 158 valence electrons. The summed E-state index contributed by atoms with van der Waals surface area (Å²) in [5.74, 6) is 3.13. The molecular formula is C22H29N7S. The first-order valence-corrected chi connectivity index (χ1v) is 11.4. The van der Waals surface area contributed by atoms with Gasteiger partial charge in [0.15, 0.2) is 5.13 Å². The van der Waals surface area contributed by atoms with Gasteiger partial charge in [-0.1, -0.05) is 6.92 Å². The van der Waals surface area contributed by atoms with Crippen LogP contribution in [0.2, 0.25) is 0 Å². The predicted octanol–water partition coefficient (Wildman–Crippen LogP) is 4.10. The summed E-state index contributed by atoms with van der Waals surface area (Å²) >= 11 is 1.63. The molecule has 1 unspecified atom stereocenters. The van der Waals surface area contributed by atoms with Crippen LogP contribution < -0.4 is 5.32 Å². The Morgan fingerprint density at radius 3 is 2.70 bits per heavy atom. The van der Waals surface area contributed by atoms with Gasteiger partial charge in [0.1, 0.15) is 17.5 Å². The van der Waals surface area contributed by atoms with E-state index in [1.165, 1.54) is 23.3 Å². The Labute approximate surface area is 182 Å². The Morgan fingerprint density at radius 1 is 1.13 bits per heavy atom. The number of aryl methyl sites for hydroxylation is 3. The van der Waals surface area contributed by atoms with Crippen molar-refractivity contribution in [3.8, 4) is 0 Å². The molecule has 7 nitrogen and oxygen atoms in total. The van der Waals surface area contributed by atoms with Crippen LogP contribution in [0.4, 0.5) is 10.9 Å². The third-order valence-corrected chi connectivity index (χ3v) is 6.16. The molecule has 3 aromatic rings. The van der Waals surface area contributed by atoms with Crippen molar-refractivity contribution in [2.24, 2.45) is 5.92 Å². The van der Waals surface area contributed by atoms with Crippen LogP contribution in [0.25, 0.3) is 0 Å². The van der Waals surface area contributed by atoms with E-state index in [1.807, 2.05) is 25.5 Å². The average Bonchev–Trinajstić information content (AvgIpc) is 3.13. The molecule has 1 aliphatic heterocycles. The lowest BCUT2D eigenvalue weighted by Gasteiger charge is -2.32. The van der Waals surface area contributed by atoms with E-state index in [2.05, 4.69) is 50.1 Å². The van der Waals surface area contributed by atoms with E-state index in [1.54, 1.807) is 11.3 Å². The average molecular weight is 424 g/mol. The van der Waals surface area contributed by atoms with E-state index in [0.717, 1.165) is 60.8 Å². The van der Waals surface area contributed by atoms with Crippen molar-refractivity contribution in [1.82, 2.24) is 29.8 Å². The van der Waals surface area contributed by atoms with Gasteiger partial charge in [0.2, 0.25) is 0 Å². The first-order valence-electron chi connectivity index (χ1n) is 10.6. The summed E-state index contributed by atoms with van der Waals surface area (Å²) in [6, 6.07) is 2.07. The van der Waals surface area contributed by atoms with Gasteiger partial charge < -0.3 is 5.32 Å². The lowest BCUT2D eigenvalue weighted by molar-refractivity contribution is 0.166. The second-order valence-electron chi connectivity index (χ2n) is 8.00. The van der Waals surface area contributed by atoms with Gasteiger partial charge in [-0.2, -0.15) is 0 Å². The highest BCUT2D eigenvalue weighted by Crippen LogP contribution is 2.24. The van der Waals surface area contributed by atoms with Crippen LogP contribution in [-0.4, -0.2) is 42.9 Å². The third kappa shape index (κ3) is 5.58. The Bertz CT molecular complexity index is 970. The van der Waals surface area contributed by atoms with Crippen molar-refractivity contribution in [1.29, 1.82) is 0 Å². The number of piperidine rings is 1. The summed E-state index contributed by atoms with van der Waals surface area (Å²) < 4.78 is 0. The van der Waals surface area contributed by atoms with Gasteiger partial charge >= 0.3 is 0 Å². The molecule has 1 N–H and O–H groups in total. The number of hydrogen-bond donors (Lipinski definition) is 1. The highest BCUT2D eigenvalue weighted by atomic mass is 32.1. The van der Waals surface area contributed by atoms with Crippen LogP contribution in [0, 0.1) is 19.8 Å². The zero-order valence-electron chi connectivity index (χ0n) is 17.9. The highest BCUT2D eigenvalue weighted by Gasteiger charge is 2.21. The van der Waals surface area contributed by atoms with E-state index >= 15 is 0 Å². The van der Waals surface area contributed by atoms with Crippen LogP contribution in [0.15, 0.2) is 24.7 Å². The van der Waals surface area contributed by atoms with Gasteiger partial charge in [-0.3, -0.25) is 4.90 Å². The largest absolute Gasteiger partial charge is 0.316 e. The standard InChI is InChI=1S/C22H29N7S/c1-4-20-23-11-18(12-24-20)14-29-7-5-6-17(13-29)8-19-9-21(27-16(3)26-19)28-22-25-10-15(2)30-22/h9-12,17H,4-8,13-14H2,1-3H3,(H,25,26,27,28). The number of aromatic nitrogens is 5. The van der Waals surface area contributed by atoms with E-state index < -0.39 is 0 Å². The van der Waals surface area contributed by atoms with Crippen molar-refractivity contribution in [2.45, 2.75) is 53.0 Å². The normalized spacial score (nSPS) is 17.2. The van der Waals surface area contributed by atoms with Gasteiger partial charge in [0, 0.05) is 60.3 Å². The lowest BCUT2D eigenvalue weighted by Crippen LogP contribution is -2.36. The monoisotopic (exact) mass is 423 g/mol. The maximum absolute atomic E-state index is 4.70. The molecule has 4 rings (SSSR count). The zero-order valence-corrected chi connectivity index (χ0v) is 18.7. The van der Waals surface area contributed by atoms with Gasteiger partial charge in [-0.05, 0) is 45.6 Å². The minimum absolute atomic E-state index is 0.596. The molecule has 4 heterocycles. The van der Waals surface area contributed by atoms with Crippen molar-refractivity contribution >= 4 is 22.3 Å². The van der Waals surface area contributed by atoms with E-state index in [9.17, 15) is 0 Å². The molecule has 0 saturated carbocycles. The molecule has 8 heteroatoms. The molecule has 0 spiro atoms. The molecule has 0 amide bonds. The molecule has 1 aliphatic rings. The fraction of sp³-hybridized carbons (Fsp3) is 0.500. The van der Waals surface area contributed by atoms with Gasteiger partial charge in [0.05, 0.1) is 0 Å². The van der Waals surface area contributed by atoms with Crippen molar-refractivity contribution in [2.75, 3.05) is 18.4 Å². The first-order chi connectivity index (χ1) is 14.6. The minimum atomic E-state index is 0.596. The summed E-state index contributed by atoms with van der Waals surface area (Å²) in [4.78, 5) is 26.2. The Hall–Kier alpha value is -2.45. The number of hydrogen-bond acceptors (Lipinski definition) is 8. The van der Waals surface area contributed by atoms with E-state index in [0.29, 0.717) is 5.92 Å². The Balaban J connectivity index is 1.38. The molecule has 0 aliphatic carbocycles. The SMILES string of the molecule is CCc1ncc(CN2CCCC(Cc3cc(Nc4ncc(C)s4)nc(C)n3)C2)cn1. The molecule has 0 bridgehead atoms. The molecule has 0 radical (unpaired) electrons. The second kappa shape index (κ2) is 9.57. The van der Waals surface area contributed by atoms with Crippen LogP contribution >= 0.6 is 11.3 Å². The smallest absolute Gasteiger partial charge is 0.188 e. The van der Waals surface area contributed by atoms with Crippen LogP contribution in [0.5, 0.6) is 0 Å². The summed E-state index contributed by atoms with van der Waals surface area (Å²) in [6.45, 7) is 9.21. The predicted molar refractivity (Wildman–Crippen MR) is 120 cm³/mol. The maximum Gasteiger partial charge on any atom is 0.188 e. The maximum atomic E-state index is 4.70. The first kappa shape index (κ1) is 20.8. The number of nitrogens with zero attached hydrogens (tertiary/aromatic N) is 6. The Morgan fingerprint density at radius 2 is 1.97 bits per heavy atom. The molecular weight excluding hydrogens is 394 g/mol. The summed E-state index contributed by atoms with van der Waals surface area (Å²) in [5.41, 5.74) is 2.29. The van der Waals surface area contributed by atoms with Crippen molar-refractivity contribution < 1.29 is 0 Å². The zero-order chi connectivity index (χ0) is 20.9. The molecule has 3 aromatic heterocycles. The topological polar surface area (TPSA) is 79.7 Å². The summed E-state index contributed by atoms with van der Waals surface area (Å²) in [5, 5.41) is 4.20. The molecule has 1 fully saturated rings.